The zero-order valence-electron chi connectivity index (χ0n) is 20.6. The summed E-state index contributed by atoms with van der Waals surface area (Å²) in [5.74, 6) is 0.965. The Hall–Kier alpha value is -3.68. The molecule has 190 valence electrons. The van der Waals surface area contributed by atoms with Crippen molar-refractivity contribution in [2.24, 2.45) is 0 Å². The first-order valence-electron chi connectivity index (χ1n) is 12.0. The van der Waals surface area contributed by atoms with Gasteiger partial charge in [0.1, 0.15) is 17.2 Å². The van der Waals surface area contributed by atoms with Crippen LogP contribution in [-0.4, -0.2) is 37.3 Å². The van der Waals surface area contributed by atoms with Crippen LogP contribution in [0.3, 0.4) is 0 Å². The highest BCUT2D eigenvalue weighted by atomic mass is 17.1. The molecule has 1 atom stereocenters. The van der Waals surface area contributed by atoms with Crippen molar-refractivity contribution in [3.05, 3.63) is 89.5 Å². The van der Waals surface area contributed by atoms with Crippen molar-refractivity contribution in [3.8, 4) is 17.2 Å². The van der Waals surface area contributed by atoms with E-state index in [0.717, 1.165) is 37.0 Å². The predicted octanol–water partition coefficient (Wildman–Crippen LogP) is 6.33. The molecule has 7 nitrogen and oxygen atoms in total. The number of methoxy groups -OCH3 is 1. The molecule has 0 saturated carbocycles. The highest BCUT2D eigenvalue weighted by molar-refractivity contribution is 6.00. The predicted molar refractivity (Wildman–Crippen MR) is 136 cm³/mol. The zero-order chi connectivity index (χ0) is 25.8. The van der Waals surface area contributed by atoms with Gasteiger partial charge in [0.2, 0.25) is 0 Å². The number of rotatable bonds is 14. The smallest absolute Gasteiger partial charge is 0.343 e. The van der Waals surface area contributed by atoms with E-state index in [1.54, 1.807) is 79.9 Å². The Morgan fingerprint density at radius 3 is 1.89 bits per heavy atom. The second kappa shape index (κ2) is 14.0. The van der Waals surface area contributed by atoms with Crippen LogP contribution >= 0.6 is 0 Å². The lowest BCUT2D eigenvalue weighted by Gasteiger charge is -2.13. The quantitative estimate of drug-likeness (QED) is 0.0702. The van der Waals surface area contributed by atoms with Gasteiger partial charge in [-0.15, -0.1) is 0 Å². The molecule has 7 heteroatoms. The average Bonchev–Trinajstić information content (AvgIpc) is 2.92. The molecule has 0 spiro atoms. The number of carbonyl (C=O) groups excluding carboxylic acids is 2. The number of ketones is 1. The fourth-order valence-corrected chi connectivity index (χ4v) is 3.65. The summed E-state index contributed by atoms with van der Waals surface area (Å²) in [6.07, 6.45) is 3.70. The van der Waals surface area contributed by atoms with Crippen LogP contribution in [0.2, 0.25) is 0 Å². The molecule has 0 saturated heterocycles. The van der Waals surface area contributed by atoms with Gasteiger partial charge in [-0.2, -0.15) is 0 Å². The number of benzene rings is 3. The summed E-state index contributed by atoms with van der Waals surface area (Å²) in [6, 6.07) is 20.8. The minimum absolute atomic E-state index is 0.00405. The van der Waals surface area contributed by atoms with Crippen molar-refractivity contribution in [3.63, 3.8) is 0 Å². The monoisotopic (exact) mass is 492 g/mol. The van der Waals surface area contributed by atoms with Gasteiger partial charge < -0.3 is 14.2 Å². The normalized spacial score (nSPS) is 11.5. The van der Waals surface area contributed by atoms with Crippen LogP contribution in [0.4, 0.5) is 0 Å². The molecule has 36 heavy (non-hydrogen) atoms. The molecule has 0 heterocycles. The molecule has 1 N–H and O–H groups in total. The van der Waals surface area contributed by atoms with E-state index < -0.39 is 5.97 Å². The maximum absolute atomic E-state index is 13.0. The standard InChI is InChI=1S/C29H32O7/c1-21(28(30)23-9-15-26(16-10-23)34-19-5-3-4-6-20-35-32)22-7-17-27(18-8-22)36-29(31)24-11-13-25(33-2)14-12-24/h7-18,21,32H,3-6,19-20H2,1-2H3. The molecule has 0 bridgehead atoms. The Bertz CT molecular complexity index is 1090. The first-order valence-corrected chi connectivity index (χ1v) is 12.0. The van der Waals surface area contributed by atoms with Crippen LogP contribution in [0, 0.1) is 0 Å². The van der Waals surface area contributed by atoms with E-state index in [9.17, 15) is 9.59 Å². The highest BCUT2D eigenvalue weighted by Crippen LogP contribution is 2.25. The van der Waals surface area contributed by atoms with Gasteiger partial charge in [0.25, 0.3) is 0 Å². The number of carbonyl (C=O) groups is 2. The summed E-state index contributed by atoms with van der Waals surface area (Å²) in [5, 5.41) is 8.30. The molecule has 3 aromatic carbocycles. The lowest BCUT2D eigenvalue weighted by atomic mass is 9.92. The molecular weight excluding hydrogens is 460 g/mol. The van der Waals surface area contributed by atoms with Crippen molar-refractivity contribution >= 4 is 11.8 Å². The molecule has 1 unspecified atom stereocenters. The van der Waals surface area contributed by atoms with E-state index in [0.29, 0.717) is 35.8 Å². The lowest BCUT2D eigenvalue weighted by molar-refractivity contribution is -0.242. The van der Waals surface area contributed by atoms with E-state index in [4.69, 9.17) is 19.5 Å². The SMILES string of the molecule is COc1ccc(C(=O)Oc2ccc(C(C)C(=O)c3ccc(OCCCCCCOO)cc3)cc2)cc1. The molecule has 0 fully saturated rings. The van der Waals surface area contributed by atoms with Gasteiger partial charge in [0.05, 0.1) is 25.9 Å². The number of hydrogen-bond donors (Lipinski definition) is 1. The Balaban J connectivity index is 1.49. The molecule has 0 radical (unpaired) electrons. The maximum Gasteiger partial charge on any atom is 0.343 e. The molecule has 0 aliphatic rings. The topological polar surface area (TPSA) is 91.3 Å². The van der Waals surface area contributed by atoms with E-state index in [2.05, 4.69) is 4.89 Å². The minimum Gasteiger partial charge on any atom is -0.497 e. The second-order valence-corrected chi connectivity index (χ2v) is 8.39. The maximum atomic E-state index is 13.0. The largest absolute Gasteiger partial charge is 0.497 e. The van der Waals surface area contributed by atoms with Gasteiger partial charge in [-0.3, -0.25) is 10.1 Å². The Morgan fingerprint density at radius 1 is 0.722 bits per heavy atom. The Kier molecular flexibility index (Phi) is 10.5. The molecule has 0 aliphatic carbocycles. The third-order valence-electron chi connectivity index (χ3n) is 5.85. The summed E-state index contributed by atoms with van der Waals surface area (Å²) in [7, 11) is 1.56. The molecule has 3 rings (SSSR count). The summed E-state index contributed by atoms with van der Waals surface area (Å²) < 4.78 is 16.3. The van der Waals surface area contributed by atoms with Gasteiger partial charge in [0, 0.05) is 11.5 Å². The summed E-state index contributed by atoms with van der Waals surface area (Å²) in [6.45, 7) is 2.81. The van der Waals surface area contributed by atoms with Gasteiger partial charge in [0.15, 0.2) is 5.78 Å². The number of hydrogen-bond acceptors (Lipinski definition) is 7. The minimum atomic E-state index is -0.465. The molecule has 0 amide bonds. The van der Waals surface area contributed by atoms with Crippen LogP contribution in [0.15, 0.2) is 72.8 Å². The number of esters is 1. The van der Waals surface area contributed by atoms with Crippen LogP contribution in [0.25, 0.3) is 0 Å². The first-order chi connectivity index (χ1) is 17.5. The van der Waals surface area contributed by atoms with Gasteiger partial charge in [-0.25, -0.2) is 9.68 Å². The second-order valence-electron chi connectivity index (χ2n) is 8.39. The fourth-order valence-electron chi connectivity index (χ4n) is 3.65. The van der Waals surface area contributed by atoms with E-state index in [-0.39, 0.29) is 11.7 Å². The lowest BCUT2D eigenvalue weighted by Crippen LogP contribution is -2.11. The summed E-state index contributed by atoms with van der Waals surface area (Å²) in [4.78, 5) is 29.4. The van der Waals surface area contributed by atoms with Crippen molar-refractivity contribution in [2.45, 2.75) is 38.5 Å². The van der Waals surface area contributed by atoms with Crippen LogP contribution < -0.4 is 14.2 Å². The van der Waals surface area contributed by atoms with E-state index in [1.807, 2.05) is 6.92 Å². The zero-order valence-corrected chi connectivity index (χ0v) is 20.6. The molecule has 3 aromatic rings. The van der Waals surface area contributed by atoms with Crippen molar-refractivity contribution < 1.29 is 33.9 Å². The van der Waals surface area contributed by atoms with E-state index in [1.165, 1.54) is 0 Å². The first kappa shape index (κ1) is 26.9. The van der Waals surface area contributed by atoms with Gasteiger partial charge in [-0.05, 0) is 85.5 Å². The molecule has 0 aliphatic heterocycles. The Labute approximate surface area is 211 Å². The Morgan fingerprint density at radius 2 is 1.28 bits per heavy atom. The fraction of sp³-hybridized carbons (Fsp3) is 0.310. The van der Waals surface area contributed by atoms with Crippen LogP contribution in [0.1, 0.15) is 64.8 Å². The number of ether oxygens (including phenoxy) is 3. The van der Waals surface area contributed by atoms with Crippen molar-refractivity contribution in [1.82, 2.24) is 0 Å². The summed E-state index contributed by atoms with van der Waals surface area (Å²) in [5.41, 5.74) is 1.86. The number of unbranched alkanes of at least 4 members (excludes halogenated alkanes) is 3. The average molecular weight is 493 g/mol. The highest BCUT2D eigenvalue weighted by Gasteiger charge is 2.18. The summed E-state index contributed by atoms with van der Waals surface area (Å²) >= 11 is 0. The van der Waals surface area contributed by atoms with Gasteiger partial charge >= 0.3 is 5.97 Å². The third-order valence-corrected chi connectivity index (χ3v) is 5.85. The van der Waals surface area contributed by atoms with Crippen molar-refractivity contribution in [2.75, 3.05) is 20.3 Å². The van der Waals surface area contributed by atoms with Crippen molar-refractivity contribution in [1.29, 1.82) is 0 Å². The van der Waals surface area contributed by atoms with Crippen LogP contribution in [0.5, 0.6) is 17.2 Å². The number of Topliss-reactive ketones (excluding diaryl/α,β-unsaturated/α-hetero) is 1. The molecule has 0 aromatic heterocycles. The molecular formula is C29H32O7. The van der Waals surface area contributed by atoms with E-state index >= 15 is 0 Å². The third kappa shape index (κ3) is 7.93. The van der Waals surface area contributed by atoms with Gasteiger partial charge in [-0.1, -0.05) is 25.5 Å². The van der Waals surface area contributed by atoms with Crippen LogP contribution in [-0.2, 0) is 4.89 Å².